The molecular weight excluding hydrogens is 262 g/mol. The molecule has 5 nitrogen and oxygen atoms in total. The van der Waals surface area contributed by atoms with Crippen LogP contribution in [0.25, 0.3) is 11.3 Å². The number of nitrogens with one attached hydrogen (secondary N) is 2. The van der Waals surface area contributed by atoms with Crippen molar-refractivity contribution >= 4 is 0 Å². The summed E-state index contributed by atoms with van der Waals surface area (Å²) in [5.74, 6) is 0. The zero-order valence-corrected chi connectivity index (χ0v) is 11.9. The minimum absolute atomic E-state index is 0.745. The van der Waals surface area contributed by atoms with Crippen LogP contribution in [0, 0.1) is 6.92 Å². The highest BCUT2D eigenvalue weighted by molar-refractivity contribution is 5.61. The van der Waals surface area contributed by atoms with Crippen molar-refractivity contribution in [2.24, 2.45) is 0 Å². The van der Waals surface area contributed by atoms with E-state index in [2.05, 4.69) is 31.5 Å². The van der Waals surface area contributed by atoms with Gasteiger partial charge in [0.05, 0.1) is 11.9 Å². The second-order valence-electron chi connectivity index (χ2n) is 4.92. The molecular formula is C16H17N5. The summed E-state index contributed by atoms with van der Waals surface area (Å²) in [5, 5.41) is 10.6. The fraction of sp³-hybridized carbons (Fsp3) is 0.188. The van der Waals surface area contributed by atoms with Gasteiger partial charge in [0.2, 0.25) is 0 Å². The molecule has 0 aliphatic carbocycles. The van der Waals surface area contributed by atoms with Crippen molar-refractivity contribution in [2.45, 2.75) is 20.0 Å². The van der Waals surface area contributed by atoms with Gasteiger partial charge in [0.15, 0.2) is 0 Å². The summed E-state index contributed by atoms with van der Waals surface area (Å²) in [6, 6.07) is 8.06. The number of pyridine rings is 2. The zero-order chi connectivity index (χ0) is 14.5. The lowest BCUT2D eigenvalue weighted by Crippen LogP contribution is -2.13. The lowest BCUT2D eigenvalue weighted by molar-refractivity contribution is 0.692. The van der Waals surface area contributed by atoms with Crippen LogP contribution in [0.2, 0.25) is 0 Å². The number of aromatic amines is 1. The quantitative estimate of drug-likeness (QED) is 0.753. The van der Waals surface area contributed by atoms with Crippen molar-refractivity contribution in [3.63, 3.8) is 0 Å². The lowest BCUT2D eigenvalue weighted by Gasteiger charge is -2.06. The Balaban J connectivity index is 1.64. The molecule has 0 atom stereocenters. The van der Waals surface area contributed by atoms with Gasteiger partial charge in [-0.3, -0.25) is 15.1 Å². The van der Waals surface area contributed by atoms with Gasteiger partial charge in [0, 0.05) is 48.5 Å². The van der Waals surface area contributed by atoms with Crippen molar-refractivity contribution in [3.8, 4) is 11.3 Å². The van der Waals surface area contributed by atoms with Crippen molar-refractivity contribution < 1.29 is 0 Å². The van der Waals surface area contributed by atoms with E-state index in [4.69, 9.17) is 0 Å². The molecule has 5 heteroatoms. The first-order valence-electron chi connectivity index (χ1n) is 6.88. The Hall–Kier alpha value is -2.53. The van der Waals surface area contributed by atoms with Crippen molar-refractivity contribution in [1.29, 1.82) is 0 Å². The number of nitrogens with zero attached hydrogens (tertiary/aromatic N) is 3. The van der Waals surface area contributed by atoms with Crippen LogP contribution in [0.15, 0.2) is 49.1 Å². The molecule has 2 N–H and O–H groups in total. The van der Waals surface area contributed by atoms with Crippen molar-refractivity contribution in [1.82, 2.24) is 25.5 Å². The number of rotatable bonds is 5. The highest BCUT2D eigenvalue weighted by Gasteiger charge is 2.07. The summed E-state index contributed by atoms with van der Waals surface area (Å²) >= 11 is 0. The SMILES string of the molecule is Cc1ccc(CNCc2cn[nH]c2-c2cccnc2)cn1. The summed E-state index contributed by atoms with van der Waals surface area (Å²) in [4.78, 5) is 8.43. The maximum atomic E-state index is 4.29. The van der Waals surface area contributed by atoms with Gasteiger partial charge >= 0.3 is 0 Å². The first kappa shape index (κ1) is 13.5. The van der Waals surface area contributed by atoms with E-state index in [1.165, 1.54) is 5.56 Å². The van der Waals surface area contributed by atoms with Crippen molar-refractivity contribution in [2.75, 3.05) is 0 Å². The maximum absolute atomic E-state index is 4.29. The van der Waals surface area contributed by atoms with Crippen LogP contribution in [0.1, 0.15) is 16.8 Å². The van der Waals surface area contributed by atoms with Gasteiger partial charge in [0.25, 0.3) is 0 Å². The molecule has 0 bridgehead atoms. The van der Waals surface area contributed by atoms with Crippen LogP contribution >= 0.6 is 0 Å². The molecule has 0 aliphatic heterocycles. The molecule has 0 saturated carbocycles. The average Bonchev–Trinajstić information content (AvgIpc) is 2.99. The molecule has 0 amide bonds. The fourth-order valence-corrected chi connectivity index (χ4v) is 2.15. The monoisotopic (exact) mass is 279 g/mol. The van der Waals surface area contributed by atoms with Gasteiger partial charge in [-0.2, -0.15) is 5.10 Å². The van der Waals surface area contributed by atoms with E-state index in [-0.39, 0.29) is 0 Å². The summed E-state index contributed by atoms with van der Waals surface area (Å²) in [6.07, 6.45) is 7.35. The third-order valence-corrected chi connectivity index (χ3v) is 3.29. The van der Waals surface area contributed by atoms with E-state index < -0.39 is 0 Å². The molecule has 0 spiro atoms. The molecule has 3 aromatic rings. The number of H-pyrrole nitrogens is 1. The Morgan fingerprint density at radius 3 is 2.81 bits per heavy atom. The van der Waals surface area contributed by atoms with Crippen molar-refractivity contribution in [3.05, 3.63) is 65.9 Å². The van der Waals surface area contributed by atoms with Gasteiger partial charge in [-0.25, -0.2) is 0 Å². The first-order chi connectivity index (χ1) is 10.3. The van der Waals surface area contributed by atoms with Gasteiger partial charge in [-0.05, 0) is 30.7 Å². The van der Waals surface area contributed by atoms with Gasteiger partial charge in [-0.15, -0.1) is 0 Å². The van der Waals surface area contributed by atoms with Crippen LogP contribution in [0.5, 0.6) is 0 Å². The molecule has 0 saturated heterocycles. The highest BCUT2D eigenvalue weighted by Crippen LogP contribution is 2.19. The Labute approximate surface area is 123 Å². The predicted molar refractivity (Wildman–Crippen MR) is 81.3 cm³/mol. The molecule has 3 aromatic heterocycles. The Bertz CT molecular complexity index is 688. The highest BCUT2D eigenvalue weighted by atomic mass is 15.1. The number of aryl methyl sites for hydroxylation is 1. The third-order valence-electron chi connectivity index (χ3n) is 3.29. The lowest BCUT2D eigenvalue weighted by atomic mass is 10.1. The van der Waals surface area contributed by atoms with Crippen LogP contribution in [-0.2, 0) is 13.1 Å². The largest absolute Gasteiger partial charge is 0.308 e. The summed E-state index contributed by atoms with van der Waals surface area (Å²) in [6.45, 7) is 3.52. The molecule has 0 aromatic carbocycles. The van der Waals surface area contributed by atoms with E-state index in [9.17, 15) is 0 Å². The van der Waals surface area contributed by atoms with Gasteiger partial charge < -0.3 is 5.32 Å². The number of aromatic nitrogens is 4. The molecule has 0 aliphatic rings. The smallest absolute Gasteiger partial charge is 0.0710 e. The van der Waals surface area contributed by atoms with E-state index in [0.29, 0.717) is 0 Å². The zero-order valence-electron chi connectivity index (χ0n) is 11.9. The van der Waals surface area contributed by atoms with Crippen LogP contribution in [0.3, 0.4) is 0 Å². The number of hydrogen-bond acceptors (Lipinski definition) is 4. The topological polar surface area (TPSA) is 66.5 Å². The van der Waals surface area contributed by atoms with E-state index >= 15 is 0 Å². The maximum Gasteiger partial charge on any atom is 0.0710 e. The summed E-state index contributed by atoms with van der Waals surface area (Å²) < 4.78 is 0. The standard InChI is InChI=1S/C16H17N5/c1-12-4-5-13(8-19-12)7-18-10-15-11-20-21-16(15)14-3-2-6-17-9-14/h2-6,8-9,11,18H,7,10H2,1H3,(H,20,21). The summed E-state index contributed by atoms with van der Waals surface area (Å²) in [5.41, 5.74) is 5.39. The van der Waals surface area contributed by atoms with Crippen LogP contribution in [0.4, 0.5) is 0 Å². The molecule has 3 heterocycles. The minimum Gasteiger partial charge on any atom is -0.308 e. The average molecular weight is 279 g/mol. The first-order valence-corrected chi connectivity index (χ1v) is 6.88. The second-order valence-corrected chi connectivity index (χ2v) is 4.92. The number of hydrogen-bond donors (Lipinski definition) is 2. The fourth-order valence-electron chi connectivity index (χ4n) is 2.15. The third kappa shape index (κ3) is 3.32. The van der Waals surface area contributed by atoms with E-state index in [1.807, 2.05) is 43.7 Å². The predicted octanol–water partition coefficient (Wildman–Crippen LogP) is 2.46. The molecule has 0 radical (unpaired) electrons. The molecule has 106 valence electrons. The minimum atomic E-state index is 0.745. The second kappa shape index (κ2) is 6.28. The van der Waals surface area contributed by atoms with E-state index in [0.717, 1.165) is 35.6 Å². The Kier molecular flexibility index (Phi) is 4.02. The molecule has 0 unspecified atom stereocenters. The molecule has 0 fully saturated rings. The van der Waals surface area contributed by atoms with Crippen LogP contribution < -0.4 is 5.32 Å². The van der Waals surface area contributed by atoms with Gasteiger partial charge in [-0.1, -0.05) is 6.07 Å². The molecule has 21 heavy (non-hydrogen) atoms. The summed E-state index contributed by atoms with van der Waals surface area (Å²) in [7, 11) is 0. The van der Waals surface area contributed by atoms with E-state index in [1.54, 1.807) is 6.20 Å². The van der Waals surface area contributed by atoms with Gasteiger partial charge in [0.1, 0.15) is 0 Å². The van der Waals surface area contributed by atoms with Crippen LogP contribution in [-0.4, -0.2) is 20.2 Å². The Morgan fingerprint density at radius 2 is 2.05 bits per heavy atom. The Morgan fingerprint density at radius 1 is 1.10 bits per heavy atom. The molecule has 3 rings (SSSR count). The normalized spacial score (nSPS) is 10.7.